The molecular formula is C21H24Cl2N2O4. The molecule has 0 aliphatic carbocycles. The maximum absolute atomic E-state index is 12.9. The first-order chi connectivity index (χ1) is 13.7. The van der Waals surface area contributed by atoms with Gasteiger partial charge in [0.05, 0.1) is 24.8 Å². The van der Waals surface area contributed by atoms with Gasteiger partial charge in [-0.2, -0.15) is 0 Å². The van der Waals surface area contributed by atoms with Gasteiger partial charge in [-0.1, -0.05) is 37.0 Å². The van der Waals surface area contributed by atoms with Gasteiger partial charge >= 0.3 is 0 Å². The van der Waals surface area contributed by atoms with Gasteiger partial charge in [-0.05, 0) is 42.7 Å². The van der Waals surface area contributed by atoms with Gasteiger partial charge in [0.2, 0.25) is 5.91 Å². The predicted octanol–water partition coefficient (Wildman–Crippen LogP) is 4.79. The summed E-state index contributed by atoms with van der Waals surface area (Å²) in [5.74, 6) is 0.430. The maximum Gasteiger partial charge on any atom is 0.253 e. The van der Waals surface area contributed by atoms with Crippen LogP contribution in [-0.4, -0.2) is 32.1 Å². The van der Waals surface area contributed by atoms with Crippen LogP contribution in [0.4, 0.5) is 5.69 Å². The van der Waals surface area contributed by atoms with Gasteiger partial charge in [0, 0.05) is 16.8 Å². The molecule has 8 heteroatoms. The number of halogens is 2. The summed E-state index contributed by atoms with van der Waals surface area (Å²) in [6, 6.07) is 8.88. The fourth-order valence-corrected chi connectivity index (χ4v) is 3.25. The first kappa shape index (κ1) is 22.8. The fourth-order valence-electron chi connectivity index (χ4n) is 2.76. The molecule has 0 aliphatic heterocycles. The molecule has 0 aromatic heterocycles. The first-order valence-corrected chi connectivity index (χ1v) is 9.79. The van der Waals surface area contributed by atoms with Crippen LogP contribution in [0.5, 0.6) is 11.5 Å². The van der Waals surface area contributed by atoms with E-state index < -0.39 is 11.9 Å². The first-order valence-electron chi connectivity index (χ1n) is 9.04. The average molecular weight is 439 g/mol. The van der Waals surface area contributed by atoms with E-state index in [0.29, 0.717) is 28.6 Å². The molecule has 2 N–H and O–H groups in total. The molecule has 0 fully saturated rings. The Labute approximate surface area is 180 Å². The van der Waals surface area contributed by atoms with Gasteiger partial charge in [-0.3, -0.25) is 9.59 Å². The molecule has 156 valence electrons. The van der Waals surface area contributed by atoms with E-state index in [4.69, 9.17) is 32.7 Å². The summed E-state index contributed by atoms with van der Waals surface area (Å²) in [6.07, 6.45) is 0.454. The molecular weight excluding hydrogens is 415 g/mol. The van der Waals surface area contributed by atoms with E-state index >= 15 is 0 Å². The van der Waals surface area contributed by atoms with Gasteiger partial charge < -0.3 is 20.1 Å². The highest BCUT2D eigenvalue weighted by atomic mass is 35.5. The van der Waals surface area contributed by atoms with Crippen molar-refractivity contribution >= 4 is 40.7 Å². The highest BCUT2D eigenvalue weighted by molar-refractivity contribution is 6.36. The Morgan fingerprint density at radius 3 is 2.28 bits per heavy atom. The van der Waals surface area contributed by atoms with Gasteiger partial charge in [0.1, 0.15) is 6.04 Å². The quantitative estimate of drug-likeness (QED) is 0.620. The van der Waals surface area contributed by atoms with Crippen LogP contribution >= 0.6 is 23.2 Å². The SMILES string of the molecule is COc1ccc(NC(=O)[C@H](CC(C)C)NC(=O)c2ccc(Cl)cc2Cl)cc1OC. The number of carbonyl (C=O) groups excluding carboxylic acids is 2. The van der Waals surface area contributed by atoms with Crippen molar-refractivity contribution in [3.8, 4) is 11.5 Å². The number of benzene rings is 2. The molecule has 1 atom stereocenters. The normalized spacial score (nSPS) is 11.7. The van der Waals surface area contributed by atoms with Crippen molar-refractivity contribution in [1.82, 2.24) is 5.32 Å². The molecule has 0 saturated heterocycles. The molecule has 2 rings (SSSR count). The summed E-state index contributed by atoms with van der Waals surface area (Å²) in [5.41, 5.74) is 0.781. The Kier molecular flexibility index (Phi) is 8.17. The molecule has 29 heavy (non-hydrogen) atoms. The molecule has 6 nitrogen and oxygen atoms in total. The highest BCUT2D eigenvalue weighted by Gasteiger charge is 2.24. The summed E-state index contributed by atoms with van der Waals surface area (Å²) in [4.78, 5) is 25.5. The summed E-state index contributed by atoms with van der Waals surface area (Å²) >= 11 is 12.0. The largest absolute Gasteiger partial charge is 0.493 e. The van der Waals surface area contributed by atoms with Crippen LogP contribution in [0.3, 0.4) is 0 Å². The molecule has 0 saturated carbocycles. The third-order valence-corrected chi connectivity index (χ3v) is 4.70. The molecule has 0 spiro atoms. The summed E-state index contributed by atoms with van der Waals surface area (Å²) < 4.78 is 10.5. The second kappa shape index (κ2) is 10.4. The Hall–Kier alpha value is -2.44. The van der Waals surface area contributed by atoms with E-state index in [-0.39, 0.29) is 22.4 Å². The van der Waals surface area contributed by atoms with Crippen LogP contribution in [-0.2, 0) is 4.79 Å². The van der Waals surface area contributed by atoms with Crippen LogP contribution in [0.1, 0.15) is 30.6 Å². The molecule has 2 aromatic rings. The zero-order valence-corrected chi connectivity index (χ0v) is 18.2. The maximum atomic E-state index is 12.9. The number of ether oxygens (including phenoxy) is 2. The Morgan fingerprint density at radius 2 is 1.69 bits per heavy atom. The molecule has 0 heterocycles. The smallest absolute Gasteiger partial charge is 0.253 e. The average Bonchev–Trinajstić information content (AvgIpc) is 2.66. The van der Waals surface area contributed by atoms with E-state index in [2.05, 4.69) is 10.6 Å². The Bertz CT molecular complexity index is 887. The number of nitrogens with one attached hydrogen (secondary N) is 2. The van der Waals surface area contributed by atoms with Crippen molar-refractivity contribution in [3.05, 3.63) is 52.0 Å². The number of methoxy groups -OCH3 is 2. The van der Waals surface area contributed by atoms with Crippen molar-refractivity contribution in [1.29, 1.82) is 0 Å². The third kappa shape index (κ3) is 6.27. The number of amides is 2. The monoisotopic (exact) mass is 438 g/mol. The van der Waals surface area contributed by atoms with Crippen LogP contribution < -0.4 is 20.1 Å². The minimum atomic E-state index is -0.748. The van der Waals surface area contributed by atoms with Gasteiger partial charge in [0.15, 0.2) is 11.5 Å². The van der Waals surface area contributed by atoms with E-state index in [1.54, 1.807) is 24.3 Å². The van der Waals surface area contributed by atoms with Crippen molar-refractivity contribution in [2.75, 3.05) is 19.5 Å². The van der Waals surface area contributed by atoms with E-state index in [1.165, 1.54) is 26.4 Å². The minimum Gasteiger partial charge on any atom is -0.493 e. The van der Waals surface area contributed by atoms with E-state index in [9.17, 15) is 9.59 Å². The Morgan fingerprint density at radius 1 is 1.00 bits per heavy atom. The van der Waals surface area contributed by atoms with Crippen molar-refractivity contribution < 1.29 is 19.1 Å². The lowest BCUT2D eigenvalue weighted by molar-refractivity contribution is -0.118. The van der Waals surface area contributed by atoms with Crippen LogP contribution in [0.15, 0.2) is 36.4 Å². The molecule has 2 aromatic carbocycles. The highest BCUT2D eigenvalue weighted by Crippen LogP contribution is 2.30. The minimum absolute atomic E-state index is 0.178. The zero-order chi connectivity index (χ0) is 21.6. The second-order valence-electron chi connectivity index (χ2n) is 6.84. The summed E-state index contributed by atoms with van der Waals surface area (Å²) in [7, 11) is 3.05. The number of hydrogen-bond acceptors (Lipinski definition) is 4. The molecule has 0 unspecified atom stereocenters. The van der Waals surface area contributed by atoms with Crippen molar-refractivity contribution in [2.24, 2.45) is 5.92 Å². The lowest BCUT2D eigenvalue weighted by atomic mass is 10.0. The summed E-state index contributed by atoms with van der Waals surface area (Å²) in [6.45, 7) is 3.94. The zero-order valence-electron chi connectivity index (χ0n) is 16.7. The second-order valence-corrected chi connectivity index (χ2v) is 7.68. The Balaban J connectivity index is 2.18. The van der Waals surface area contributed by atoms with Crippen molar-refractivity contribution in [2.45, 2.75) is 26.3 Å². The molecule has 0 bridgehead atoms. The number of carbonyl (C=O) groups is 2. The predicted molar refractivity (Wildman–Crippen MR) is 115 cm³/mol. The van der Waals surface area contributed by atoms with Crippen LogP contribution in [0.2, 0.25) is 10.0 Å². The summed E-state index contributed by atoms with van der Waals surface area (Å²) in [5, 5.41) is 6.22. The molecule has 0 aliphatic rings. The number of rotatable bonds is 8. The van der Waals surface area contributed by atoms with Crippen LogP contribution in [0, 0.1) is 5.92 Å². The number of anilines is 1. The number of hydrogen-bond donors (Lipinski definition) is 2. The fraction of sp³-hybridized carbons (Fsp3) is 0.333. The molecule has 2 amide bonds. The lowest BCUT2D eigenvalue weighted by Gasteiger charge is -2.21. The topological polar surface area (TPSA) is 76.7 Å². The van der Waals surface area contributed by atoms with Gasteiger partial charge in [0.25, 0.3) is 5.91 Å². The van der Waals surface area contributed by atoms with Gasteiger partial charge in [-0.25, -0.2) is 0 Å². The lowest BCUT2D eigenvalue weighted by Crippen LogP contribution is -2.44. The molecule has 0 radical (unpaired) electrons. The van der Waals surface area contributed by atoms with Crippen LogP contribution in [0.25, 0.3) is 0 Å². The van der Waals surface area contributed by atoms with E-state index in [1.807, 2.05) is 13.8 Å². The van der Waals surface area contributed by atoms with E-state index in [0.717, 1.165) is 0 Å². The third-order valence-electron chi connectivity index (χ3n) is 4.16. The van der Waals surface area contributed by atoms with Gasteiger partial charge in [-0.15, -0.1) is 0 Å². The standard InChI is InChI=1S/C21H24Cl2N2O4/c1-12(2)9-17(25-20(26)15-7-5-13(22)10-16(15)23)21(27)24-14-6-8-18(28-3)19(11-14)29-4/h5-8,10-12,17H,9H2,1-4H3,(H,24,27)(H,25,26)/t17-/m0/s1. The van der Waals surface area contributed by atoms with Crippen molar-refractivity contribution in [3.63, 3.8) is 0 Å².